The van der Waals surface area contributed by atoms with Crippen LogP contribution in [0.4, 0.5) is 4.39 Å². The lowest BCUT2D eigenvalue weighted by atomic mass is 9.71. The first kappa shape index (κ1) is 25.7. The topological polar surface area (TPSA) is 55.8 Å². The second-order valence-corrected chi connectivity index (χ2v) is 10.4. The van der Waals surface area contributed by atoms with Crippen LogP contribution in [0.1, 0.15) is 69.4 Å². The average molecular weight is 568 g/mol. The molecule has 0 saturated heterocycles. The van der Waals surface area contributed by atoms with Crippen molar-refractivity contribution in [2.45, 2.75) is 64.9 Å². The molecule has 0 fully saturated rings. The summed E-state index contributed by atoms with van der Waals surface area (Å²) in [6.45, 7) is 5.15. The van der Waals surface area contributed by atoms with Gasteiger partial charge < -0.3 is 14.4 Å². The van der Waals surface area contributed by atoms with Crippen LogP contribution < -0.4 is 9.47 Å². The molecule has 0 bridgehead atoms. The van der Waals surface area contributed by atoms with Gasteiger partial charge in [-0.1, -0.05) is 18.2 Å². The van der Waals surface area contributed by atoms with Crippen molar-refractivity contribution in [1.82, 2.24) is 4.90 Å². The van der Waals surface area contributed by atoms with Crippen LogP contribution in [-0.4, -0.2) is 29.6 Å². The Morgan fingerprint density at radius 1 is 0.946 bits per heavy atom. The highest BCUT2D eigenvalue weighted by atomic mass is 79.9. The fraction of sp³-hybridized carbons (Fsp3) is 0.400. The fourth-order valence-corrected chi connectivity index (χ4v) is 6.43. The third-order valence-electron chi connectivity index (χ3n) is 7.40. The predicted molar refractivity (Wildman–Crippen MR) is 143 cm³/mol. The molecule has 0 aromatic heterocycles. The zero-order valence-electron chi connectivity index (χ0n) is 21.2. The Labute approximate surface area is 225 Å². The van der Waals surface area contributed by atoms with Gasteiger partial charge in [-0.3, -0.25) is 9.59 Å². The molecule has 0 saturated carbocycles. The lowest BCUT2D eigenvalue weighted by molar-refractivity contribution is -0.117. The number of Topliss-reactive ketones (excluding diaryl/α,β-unsaturated/α-hetero) is 2. The van der Waals surface area contributed by atoms with E-state index in [-0.39, 0.29) is 24.0 Å². The van der Waals surface area contributed by atoms with Crippen molar-refractivity contribution in [2.24, 2.45) is 0 Å². The number of rotatable bonds is 7. The third kappa shape index (κ3) is 4.74. The van der Waals surface area contributed by atoms with Crippen LogP contribution in [0, 0.1) is 5.82 Å². The maximum absolute atomic E-state index is 14.2. The van der Waals surface area contributed by atoms with E-state index in [9.17, 15) is 14.0 Å². The van der Waals surface area contributed by atoms with E-state index in [0.717, 1.165) is 60.3 Å². The summed E-state index contributed by atoms with van der Waals surface area (Å²) in [6.07, 6.45) is 4.31. The molecule has 0 radical (unpaired) electrons. The third-order valence-corrected chi connectivity index (χ3v) is 7.99. The van der Waals surface area contributed by atoms with E-state index in [1.54, 1.807) is 18.2 Å². The minimum Gasteiger partial charge on any atom is -0.490 e. The Balaban J connectivity index is 1.62. The number of carbonyl (C=O) groups is 2. The predicted octanol–water partition coefficient (Wildman–Crippen LogP) is 7.00. The molecule has 0 amide bonds. The highest BCUT2D eigenvalue weighted by Crippen LogP contribution is 2.51. The zero-order valence-corrected chi connectivity index (χ0v) is 22.8. The number of halogens is 2. The van der Waals surface area contributed by atoms with Gasteiger partial charge in [0.1, 0.15) is 12.4 Å². The maximum Gasteiger partial charge on any atom is 0.175 e. The fourth-order valence-electron chi connectivity index (χ4n) is 5.85. The highest BCUT2D eigenvalue weighted by molar-refractivity contribution is 9.10. The van der Waals surface area contributed by atoms with E-state index < -0.39 is 5.92 Å². The van der Waals surface area contributed by atoms with E-state index >= 15 is 0 Å². The van der Waals surface area contributed by atoms with Gasteiger partial charge in [0.2, 0.25) is 0 Å². The molecule has 5 nitrogen and oxygen atoms in total. The van der Waals surface area contributed by atoms with Crippen LogP contribution in [-0.2, 0) is 16.2 Å². The van der Waals surface area contributed by atoms with Crippen LogP contribution in [0.2, 0.25) is 0 Å². The summed E-state index contributed by atoms with van der Waals surface area (Å²) in [6, 6.07) is 10.3. The summed E-state index contributed by atoms with van der Waals surface area (Å²) in [5.41, 5.74) is 4.89. The van der Waals surface area contributed by atoms with E-state index in [0.29, 0.717) is 41.0 Å². The monoisotopic (exact) mass is 567 g/mol. The van der Waals surface area contributed by atoms with Crippen LogP contribution in [0.15, 0.2) is 63.4 Å². The molecular weight excluding hydrogens is 537 g/mol. The standard InChI is InChI=1S/C30H31BrFNO4/c1-3-33-22-11-7-13-24(34)28(22)27(29-23(33)12-8-14-25(29)35)19-15-20(31)30(26(16-19)36-4-2)37-17-18-9-5-6-10-21(18)32/h5-6,9-10,15-16,27H,3-4,7-8,11-14,17H2,1-2H3. The molecule has 5 rings (SSSR count). The number of carbonyl (C=O) groups excluding carboxylic acids is 2. The van der Waals surface area contributed by atoms with Gasteiger partial charge in [-0.15, -0.1) is 0 Å². The minimum atomic E-state index is -0.426. The van der Waals surface area contributed by atoms with Crippen molar-refractivity contribution in [3.8, 4) is 11.5 Å². The molecule has 37 heavy (non-hydrogen) atoms. The number of ketones is 2. The number of hydrogen-bond donors (Lipinski definition) is 0. The largest absolute Gasteiger partial charge is 0.490 e. The number of allylic oxidation sites excluding steroid dienone is 4. The zero-order chi connectivity index (χ0) is 26.1. The smallest absolute Gasteiger partial charge is 0.175 e. The summed E-state index contributed by atoms with van der Waals surface area (Å²) < 4.78 is 26.9. The van der Waals surface area contributed by atoms with E-state index in [2.05, 4.69) is 27.8 Å². The van der Waals surface area contributed by atoms with E-state index in [1.165, 1.54) is 6.07 Å². The first-order chi connectivity index (χ1) is 17.9. The molecule has 2 aliphatic carbocycles. The first-order valence-corrected chi connectivity index (χ1v) is 13.9. The molecule has 2 aromatic rings. The molecule has 3 aliphatic rings. The summed E-state index contributed by atoms with van der Waals surface area (Å²) >= 11 is 3.65. The second kappa shape index (κ2) is 10.8. The molecule has 7 heteroatoms. The Hall–Kier alpha value is -2.93. The van der Waals surface area contributed by atoms with Crippen molar-refractivity contribution < 1.29 is 23.5 Å². The van der Waals surface area contributed by atoms with Gasteiger partial charge in [0.05, 0.1) is 11.1 Å². The quantitative estimate of drug-likeness (QED) is 0.360. The summed E-state index contributed by atoms with van der Waals surface area (Å²) in [7, 11) is 0. The summed E-state index contributed by atoms with van der Waals surface area (Å²) in [5, 5.41) is 0. The number of nitrogens with zero attached hydrogens (tertiary/aromatic N) is 1. The van der Waals surface area contributed by atoms with Gasteiger partial charge in [-0.2, -0.15) is 0 Å². The average Bonchev–Trinajstić information content (AvgIpc) is 2.88. The molecule has 0 unspecified atom stereocenters. The number of benzene rings is 2. The molecule has 0 atom stereocenters. The van der Waals surface area contributed by atoms with E-state index in [4.69, 9.17) is 9.47 Å². The molecule has 194 valence electrons. The summed E-state index contributed by atoms with van der Waals surface area (Å²) in [5.74, 6) is 0.434. The second-order valence-electron chi connectivity index (χ2n) is 9.59. The first-order valence-electron chi connectivity index (χ1n) is 13.1. The number of ether oxygens (including phenoxy) is 2. The Morgan fingerprint density at radius 2 is 1.59 bits per heavy atom. The van der Waals surface area contributed by atoms with Crippen molar-refractivity contribution in [2.75, 3.05) is 13.2 Å². The molecule has 0 spiro atoms. The van der Waals surface area contributed by atoms with E-state index in [1.807, 2.05) is 19.1 Å². The van der Waals surface area contributed by atoms with Crippen LogP contribution in [0.25, 0.3) is 0 Å². The molecule has 1 heterocycles. The van der Waals surface area contributed by atoms with Gasteiger partial charge in [0, 0.05) is 53.4 Å². The SMILES string of the molecule is CCOc1cc(C2C3=C(CCCC3=O)N(CC)C3=C2C(=O)CCC3)cc(Br)c1OCc1ccccc1F. The van der Waals surface area contributed by atoms with Gasteiger partial charge in [-0.05, 0) is 79.2 Å². The highest BCUT2D eigenvalue weighted by Gasteiger charge is 2.43. The lowest BCUT2D eigenvalue weighted by Gasteiger charge is -2.43. The van der Waals surface area contributed by atoms with Crippen LogP contribution in [0.3, 0.4) is 0 Å². The molecule has 1 aliphatic heterocycles. The Bertz CT molecular complexity index is 1270. The molecule has 2 aromatic carbocycles. The molecular formula is C30H31BrFNO4. The summed E-state index contributed by atoms with van der Waals surface area (Å²) in [4.78, 5) is 29.0. The van der Waals surface area contributed by atoms with Gasteiger partial charge in [0.15, 0.2) is 23.1 Å². The van der Waals surface area contributed by atoms with Gasteiger partial charge >= 0.3 is 0 Å². The van der Waals surface area contributed by atoms with Crippen molar-refractivity contribution in [1.29, 1.82) is 0 Å². The molecule has 0 N–H and O–H groups in total. The van der Waals surface area contributed by atoms with Crippen molar-refractivity contribution in [3.63, 3.8) is 0 Å². The van der Waals surface area contributed by atoms with Crippen molar-refractivity contribution >= 4 is 27.5 Å². The van der Waals surface area contributed by atoms with Crippen LogP contribution >= 0.6 is 15.9 Å². The van der Waals surface area contributed by atoms with Crippen LogP contribution in [0.5, 0.6) is 11.5 Å². The van der Waals surface area contributed by atoms with Gasteiger partial charge in [-0.25, -0.2) is 4.39 Å². The normalized spacial score (nSPS) is 18.2. The minimum absolute atomic E-state index is 0.0428. The number of hydrogen-bond acceptors (Lipinski definition) is 5. The Morgan fingerprint density at radius 3 is 2.19 bits per heavy atom. The van der Waals surface area contributed by atoms with Crippen molar-refractivity contribution in [3.05, 3.63) is 80.4 Å². The van der Waals surface area contributed by atoms with Gasteiger partial charge in [0.25, 0.3) is 0 Å². The maximum atomic E-state index is 14.2. The Kier molecular flexibility index (Phi) is 7.52. The lowest BCUT2D eigenvalue weighted by Crippen LogP contribution is -2.39.